The van der Waals surface area contributed by atoms with Crippen molar-refractivity contribution < 1.29 is 5.11 Å². The van der Waals surface area contributed by atoms with Gasteiger partial charge in [-0.3, -0.25) is 0 Å². The van der Waals surface area contributed by atoms with Crippen LogP contribution in [0.25, 0.3) is 0 Å². The van der Waals surface area contributed by atoms with Crippen LogP contribution >= 0.6 is 11.3 Å². The molecule has 2 N–H and O–H groups in total. The van der Waals surface area contributed by atoms with E-state index in [2.05, 4.69) is 29.8 Å². The predicted molar refractivity (Wildman–Crippen MR) is 73.3 cm³/mol. The van der Waals surface area contributed by atoms with Crippen LogP contribution in [-0.4, -0.2) is 17.8 Å². The molecule has 1 aromatic heterocycles. The van der Waals surface area contributed by atoms with Crippen molar-refractivity contribution in [3.8, 4) is 0 Å². The molecule has 1 aliphatic rings. The summed E-state index contributed by atoms with van der Waals surface area (Å²) >= 11 is 1.83. The number of aliphatic hydroxyl groups is 1. The average molecular weight is 253 g/mol. The fourth-order valence-electron chi connectivity index (χ4n) is 2.69. The molecule has 0 amide bonds. The van der Waals surface area contributed by atoms with Gasteiger partial charge in [-0.05, 0) is 49.6 Å². The Morgan fingerprint density at radius 3 is 3.06 bits per heavy atom. The molecular weight excluding hydrogens is 230 g/mol. The molecule has 2 rings (SSSR count). The van der Waals surface area contributed by atoms with Crippen LogP contribution in [0, 0.1) is 5.92 Å². The molecule has 3 atom stereocenters. The molecule has 17 heavy (non-hydrogen) atoms. The van der Waals surface area contributed by atoms with Gasteiger partial charge in [-0.2, -0.15) is 0 Å². The highest BCUT2D eigenvalue weighted by Crippen LogP contribution is 2.26. The molecule has 1 aromatic rings. The first-order chi connectivity index (χ1) is 8.29. The Hall–Kier alpha value is -0.380. The highest BCUT2D eigenvalue weighted by atomic mass is 32.1. The first-order valence-corrected chi connectivity index (χ1v) is 7.62. The van der Waals surface area contributed by atoms with Crippen LogP contribution < -0.4 is 5.32 Å². The van der Waals surface area contributed by atoms with E-state index in [1.54, 1.807) is 0 Å². The zero-order valence-corrected chi connectivity index (χ0v) is 11.4. The maximum absolute atomic E-state index is 9.66. The third-order valence-corrected chi connectivity index (χ3v) is 4.69. The van der Waals surface area contributed by atoms with Crippen LogP contribution in [0.4, 0.5) is 0 Å². The van der Waals surface area contributed by atoms with Gasteiger partial charge in [0.1, 0.15) is 0 Å². The molecule has 0 aromatic carbocycles. The summed E-state index contributed by atoms with van der Waals surface area (Å²) in [5, 5.41) is 15.5. The standard InChI is InChI=1S/C14H23NOS/c1-2-13(14-7-4-8-17-14)15-10-11-5-3-6-12(16)9-11/h4,7-8,11-13,15-16H,2-3,5-6,9-10H2,1H3. The van der Waals surface area contributed by atoms with Crippen LogP contribution in [0.3, 0.4) is 0 Å². The van der Waals surface area contributed by atoms with Crippen LogP contribution in [0.1, 0.15) is 49.9 Å². The number of hydrogen-bond donors (Lipinski definition) is 2. The second-order valence-electron chi connectivity index (χ2n) is 5.07. The average Bonchev–Trinajstić information content (AvgIpc) is 2.84. The molecule has 0 saturated heterocycles. The van der Waals surface area contributed by atoms with E-state index in [-0.39, 0.29) is 6.10 Å². The number of nitrogens with one attached hydrogen (secondary N) is 1. The normalized spacial score (nSPS) is 26.9. The molecule has 0 spiro atoms. The molecule has 1 fully saturated rings. The topological polar surface area (TPSA) is 32.3 Å². The minimum atomic E-state index is -0.0580. The Balaban J connectivity index is 1.80. The SMILES string of the molecule is CCC(NCC1CCCC(O)C1)c1cccs1. The van der Waals surface area contributed by atoms with E-state index in [0.29, 0.717) is 12.0 Å². The van der Waals surface area contributed by atoms with Crippen molar-refractivity contribution in [3.63, 3.8) is 0 Å². The summed E-state index contributed by atoms with van der Waals surface area (Å²) in [6.07, 6.45) is 5.51. The van der Waals surface area contributed by atoms with Gasteiger partial charge in [-0.25, -0.2) is 0 Å². The van der Waals surface area contributed by atoms with Crippen molar-refractivity contribution in [2.75, 3.05) is 6.54 Å². The van der Waals surface area contributed by atoms with Crippen molar-refractivity contribution in [1.29, 1.82) is 0 Å². The van der Waals surface area contributed by atoms with Gasteiger partial charge in [-0.15, -0.1) is 11.3 Å². The largest absolute Gasteiger partial charge is 0.393 e. The Labute approximate surface area is 108 Å². The molecule has 3 unspecified atom stereocenters. The molecule has 1 aliphatic carbocycles. The first-order valence-electron chi connectivity index (χ1n) is 6.74. The molecule has 0 aliphatic heterocycles. The van der Waals surface area contributed by atoms with E-state index < -0.39 is 0 Å². The Bertz CT molecular complexity index is 312. The van der Waals surface area contributed by atoms with Crippen LogP contribution in [0.2, 0.25) is 0 Å². The Morgan fingerprint density at radius 2 is 2.41 bits per heavy atom. The van der Waals surface area contributed by atoms with Gasteiger partial charge in [0.2, 0.25) is 0 Å². The quantitative estimate of drug-likeness (QED) is 0.843. The van der Waals surface area contributed by atoms with Crippen molar-refractivity contribution >= 4 is 11.3 Å². The smallest absolute Gasteiger partial charge is 0.0543 e. The van der Waals surface area contributed by atoms with Crippen molar-refractivity contribution in [3.05, 3.63) is 22.4 Å². The summed E-state index contributed by atoms with van der Waals surface area (Å²) in [5.74, 6) is 0.660. The molecule has 1 heterocycles. The maximum Gasteiger partial charge on any atom is 0.0543 e. The highest BCUT2D eigenvalue weighted by Gasteiger charge is 2.21. The fourth-order valence-corrected chi connectivity index (χ4v) is 3.58. The van der Waals surface area contributed by atoms with Gasteiger partial charge in [0.25, 0.3) is 0 Å². The lowest BCUT2D eigenvalue weighted by atomic mass is 9.87. The Kier molecular flexibility index (Phi) is 5.01. The minimum absolute atomic E-state index is 0.0580. The van der Waals surface area contributed by atoms with E-state index in [4.69, 9.17) is 0 Å². The van der Waals surface area contributed by atoms with Gasteiger partial charge in [0.05, 0.1) is 6.10 Å². The molecule has 0 bridgehead atoms. The molecular formula is C14H23NOS. The van der Waals surface area contributed by atoms with E-state index in [1.165, 1.54) is 17.7 Å². The van der Waals surface area contributed by atoms with Gasteiger partial charge in [-0.1, -0.05) is 19.4 Å². The number of aliphatic hydroxyl groups excluding tert-OH is 1. The second-order valence-corrected chi connectivity index (χ2v) is 6.05. The third kappa shape index (κ3) is 3.80. The lowest BCUT2D eigenvalue weighted by Crippen LogP contribution is -2.31. The zero-order valence-electron chi connectivity index (χ0n) is 10.6. The zero-order chi connectivity index (χ0) is 12.1. The van der Waals surface area contributed by atoms with Crippen LogP contribution in [-0.2, 0) is 0 Å². The lowest BCUT2D eigenvalue weighted by molar-refractivity contribution is 0.0996. The third-order valence-electron chi connectivity index (χ3n) is 3.70. The Morgan fingerprint density at radius 1 is 1.53 bits per heavy atom. The molecule has 2 nitrogen and oxygen atoms in total. The summed E-state index contributed by atoms with van der Waals surface area (Å²) < 4.78 is 0. The molecule has 96 valence electrons. The fraction of sp³-hybridized carbons (Fsp3) is 0.714. The minimum Gasteiger partial charge on any atom is -0.393 e. The molecule has 0 radical (unpaired) electrons. The summed E-state index contributed by atoms with van der Waals surface area (Å²) in [5.41, 5.74) is 0. The van der Waals surface area contributed by atoms with Gasteiger partial charge in [0, 0.05) is 10.9 Å². The van der Waals surface area contributed by atoms with Crippen molar-refractivity contribution in [2.45, 2.75) is 51.2 Å². The van der Waals surface area contributed by atoms with E-state index in [9.17, 15) is 5.11 Å². The lowest BCUT2D eigenvalue weighted by Gasteiger charge is -2.27. The van der Waals surface area contributed by atoms with Gasteiger partial charge in [0.15, 0.2) is 0 Å². The maximum atomic E-state index is 9.66. The summed E-state index contributed by atoms with van der Waals surface area (Å²) in [4.78, 5) is 1.43. The number of thiophene rings is 1. The summed E-state index contributed by atoms with van der Waals surface area (Å²) in [6, 6.07) is 4.82. The number of rotatable bonds is 5. The number of hydrogen-bond acceptors (Lipinski definition) is 3. The van der Waals surface area contributed by atoms with Crippen molar-refractivity contribution in [1.82, 2.24) is 5.32 Å². The second kappa shape index (κ2) is 6.53. The molecule has 1 saturated carbocycles. The van der Waals surface area contributed by atoms with Crippen LogP contribution in [0.15, 0.2) is 17.5 Å². The van der Waals surface area contributed by atoms with Crippen molar-refractivity contribution in [2.24, 2.45) is 5.92 Å². The van der Waals surface area contributed by atoms with E-state index in [0.717, 1.165) is 25.8 Å². The molecule has 3 heteroatoms. The monoisotopic (exact) mass is 253 g/mol. The highest BCUT2D eigenvalue weighted by molar-refractivity contribution is 7.10. The van der Waals surface area contributed by atoms with E-state index >= 15 is 0 Å². The summed E-state index contributed by atoms with van der Waals surface area (Å²) in [7, 11) is 0. The van der Waals surface area contributed by atoms with Gasteiger partial charge >= 0.3 is 0 Å². The van der Waals surface area contributed by atoms with Gasteiger partial charge < -0.3 is 10.4 Å². The first kappa shape index (κ1) is 13.1. The summed E-state index contributed by atoms with van der Waals surface area (Å²) in [6.45, 7) is 3.28. The predicted octanol–water partition coefficient (Wildman–Crippen LogP) is 3.34. The van der Waals surface area contributed by atoms with E-state index in [1.807, 2.05) is 11.3 Å². The van der Waals surface area contributed by atoms with Crippen LogP contribution in [0.5, 0.6) is 0 Å².